The van der Waals surface area contributed by atoms with Crippen molar-refractivity contribution in [1.82, 2.24) is 0 Å². The van der Waals surface area contributed by atoms with E-state index < -0.39 is 33.1 Å². The third-order valence-electron chi connectivity index (χ3n) is 1.94. The Morgan fingerprint density at radius 2 is 1.76 bits per heavy atom. The summed E-state index contributed by atoms with van der Waals surface area (Å²) in [5.74, 6) is -3.39. The number of nitrogens with one attached hydrogen (secondary N) is 1. The van der Waals surface area contributed by atoms with E-state index in [2.05, 4.69) is 5.32 Å². The van der Waals surface area contributed by atoms with Crippen LogP contribution in [0.5, 0.6) is 0 Å². The van der Waals surface area contributed by atoms with Crippen LogP contribution in [0.2, 0.25) is 0 Å². The van der Waals surface area contributed by atoms with Crippen LogP contribution in [0.25, 0.3) is 0 Å². The van der Waals surface area contributed by atoms with Crippen molar-refractivity contribution in [3.8, 4) is 0 Å². The number of hydrogen-bond acceptors (Lipinski definition) is 3. The van der Waals surface area contributed by atoms with Gasteiger partial charge in [0.2, 0.25) is 5.91 Å². The van der Waals surface area contributed by atoms with Crippen molar-refractivity contribution in [2.75, 3.05) is 16.8 Å². The molecule has 1 amide bonds. The molecule has 0 saturated carbocycles. The van der Waals surface area contributed by atoms with Crippen LogP contribution < -0.4 is 5.32 Å². The van der Waals surface area contributed by atoms with Gasteiger partial charge >= 0.3 is 0 Å². The van der Waals surface area contributed by atoms with Gasteiger partial charge in [0.1, 0.15) is 17.4 Å². The van der Waals surface area contributed by atoms with E-state index in [-0.39, 0.29) is 11.4 Å². The zero-order valence-corrected chi connectivity index (χ0v) is 9.85. The van der Waals surface area contributed by atoms with Crippen LogP contribution in [-0.4, -0.2) is 25.8 Å². The molecule has 0 heterocycles. The van der Waals surface area contributed by atoms with Crippen LogP contribution in [0.1, 0.15) is 6.92 Å². The van der Waals surface area contributed by atoms with Crippen molar-refractivity contribution in [2.45, 2.75) is 6.92 Å². The quantitative estimate of drug-likeness (QED) is 0.891. The summed E-state index contributed by atoms with van der Waals surface area (Å²) in [7, 11) is -3.46. The number of amides is 1. The Bertz CT molecular complexity index is 508. The molecule has 0 bridgehead atoms. The first-order valence-corrected chi connectivity index (χ1v) is 6.61. The van der Waals surface area contributed by atoms with Gasteiger partial charge in [-0.3, -0.25) is 4.79 Å². The van der Waals surface area contributed by atoms with Crippen LogP contribution in [0.3, 0.4) is 0 Å². The molecule has 0 aliphatic heterocycles. The smallest absolute Gasteiger partial charge is 0.239 e. The fourth-order valence-corrected chi connectivity index (χ4v) is 1.80. The number of benzene rings is 1. The van der Waals surface area contributed by atoms with Gasteiger partial charge < -0.3 is 5.32 Å². The average Bonchev–Trinajstić information content (AvgIpc) is 2.14. The maximum atomic E-state index is 12.8. The minimum atomic E-state index is -3.46. The second kappa shape index (κ2) is 5.22. The van der Waals surface area contributed by atoms with Crippen molar-refractivity contribution in [1.29, 1.82) is 0 Å². The molecular weight excluding hydrogens is 252 g/mol. The molecule has 0 aromatic heterocycles. The number of carbonyl (C=O) groups is 1. The molecule has 0 unspecified atom stereocenters. The van der Waals surface area contributed by atoms with E-state index in [1.165, 1.54) is 6.92 Å². The maximum absolute atomic E-state index is 12.8. The Hall–Kier alpha value is -1.50. The fourth-order valence-electron chi connectivity index (χ4n) is 1.12. The number of hydrogen-bond donors (Lipinski definition) is 1. The number of halogens is 2. The molecule has 1 N–H and O–H groups in total. The Kier molecular flexibility index (Phi) is 4.17. The summed E-state index contributed by atoms with van der Waals surface area (Å²) in [6.07, 6.45) is 0. The first kappa shape index (κ1) is 13.6. The molecule has 94 valence electrons. The van der Waals surface area contributed by atoms with Crippen LogP contribution in [0, 0.1) is 11.6 Å². The third kappa shape index (κ3) is 4.48. The van der Waals surface area contributed by atoms with Gasteiger partial charge in [0.05, 0.1) is 0 Å². The lowest BCUT2D eigenvalue weighted by atomic mass is 10.3. The van der Waals surface area contributed by atoms with Crippen LogP contribution in [0.4, 0.5) is 14.5 Å². The molecule has 0 spiro atoms. The highest BCUT2D eigenvalue weighted by Gasteiger charge is 2.14. The number of carbonyl (C=O) groups excluding carboxylic acids is 1. The monoisotopic (exact) mass is 263 g/mol. The van der Waals surface area contributed by atoms with Crippen molar-refractivity contribution < 1.29 is 22.0 Å². The molecule has 0 saturated heterocycles. The van der Waals surface area contributed by atoms with E-state index in [4.69, 9.17) is 0 Å². The van der Waals surface area contributed by atoms with E-state index in [0.717, 1.165) is 12.1 Å². The summed E-state index contributed by atoms with van der Waals surface area (Å²) < 4.78 is 47.8. The fraction of sp³-hybridized carbons (Fsp3) is 0.300. The summed E-state index contributed by atoms with van der Waals surface area (Å²) in [5, 5.41) is 2.12. The molecule has 0 radical (unpaired) electrons. The largest absolute Gasteiger partial charge is 0.325 e. The molecule has 1 aromatic carbocycles. The third-order valence-corrected chi connectivity index (χ3v) is 3.52. The van der Waals surface area contributed by atoms with Crippen molar-refractivity contribution in [2.24, 2.45) is 0 Å². The van der Waals surface area contributed by atoms with Crippen molar-refractivity contribution >= 4 is 21.4 Å². The van der Waals surface area contributed by atoms with E-state index in [1.54, 1.807) is 0 Å². The molecule has 1 rings (SSSR count). The SMILES string of the molecule is CCS(=O)(=O)CC(=O)Nc1cc(F)cc(F)c1. The van der Waals surface area contributed by atoms with Crippen molar-refractivity contribution in [3.05, 3.63) is 29.8 Å². The Balaban J connectivity index is 2.75. The first-order chi connectivity index (χ1) is 7.82. The zero-order chi connectivity index (χ0) is 13.1. The maximum Gasteiger partial charge on any atom is 0.239 e. The van der Waals surface area contributed by atoms with E-state index in [0.29, 0.717) is 6.07 Å². The molecule has 0 aliphatic carbocycles. The topological polar surface area (TPSA) is 63.2 Å². The molecular formula is C10H11F2NO3S. The second-order valence-corrected chi connectivity index (χ2v) is 5.74. The van der Waals surface area contributed by atoms with Gasteiger partial charge in [0.15, 0.2) is 9.84 Å². The van der Waals surface area contributed by atoms with Crippen LogP contribution >= 0.6 is 0 Å². The zero-order valence-electron chi connectivity index (χ0n) is 9.04. The summed E-state index contributed by atoms with van der Waals surface area (Å²) in [4.78, 5) is 11.3. The van der Waals surface area contributed by atoms with Crippen molar-refractivity contribution in [3.63, 3.8) is 0 Å². The number of rotatable bonds is 4. The van der Waals surface area contributed by atoms with Gasteiger partial charge in [-0.1, -0.05) is 6.92 Å². The minimum Gasteiger partial charge on any atom is -0.325 e. The van der Waals surface area contributed by atoms with Gasteiger partial charge in [-0.05, 0) is 12.1 Å². The summed E-state index contributed by atoms with van der Waals surface area (Å²) >= 11 is 0. The lowest BCUT2D eigenvalue weighted by Crippen LogP contribution is -2.24. The predicted octanol–water partition coefficient (Wildman–Crippen LogP) is 1.34. The second-order valence-electron chi connectivity index (χ2n) is 3.38. The molecule has 7 heteroatoms. The molecule has 0 fully saturated rings. The summed E-state index contributed by atoms with van der Waals surface area (Å²) in [6, 6.07) is 2.46. The Morgan fingerprint density at radius 3 is 2.24 bits per heavy atom. The Labute approximate surface area is 97.6 Å². The lowest BCUT2D eigenvalue weighted by Gasteiger charge is -2.05. The Morgan fingerprint density at radius 1 is 1.24 bits per heavy atom. The predicted molar refractivity (Wildman–Crippen MR) is 59.3 cm³/mol. The molecule has 4 nitrogen and oxygen atoms in total. The highest BCUT2D eigenvalue weighted by Crippen LogP contribution is 2.12. The van der Waals surface area contributed by atoms with Gasteiger partial charge in [0, 0.05) is 17.5 Å². The van der Waals surface area contributed by atoms with E-state index >= 15 is 0 Å². The minimum absolute atomic E-state index is 0.112. The standard InChI is InChI=1S/C10H11F2NO3S/c1-2-17(15,16)6-10(14)13-9-4-7(11)3-8(12)5-9/h3-5H,2,6H2,1H3,(H,13,14). The molecule has 0 atom stereocenters. The first-order valence-electron chi connectivity index (χ1n) is 4.79. The highest BCUT2D eigenvalue weighted by atomic mass is 32.2. The van der Waals surface area contributed by atoms with Gasteiger partial charge in [0.25, 0.3) is 0 Å². The van der Waals surface area contributed by atoms with Crippen LogP contribution in [0.15, 0.2) is 18.2 Å². The number of anilines is 1. The summed E-state index contributed by atoms with van der Waals surface area (Å²) in [6.45, 7) is 1.41. The van der Waals surface area contributed by atoms with Gasteiger partial charge in [-0.15, -0.1) is 0 Å². The molecule has 17 heavy (non-hydrogen) atoms. The van der Waals surface area contributed by atoms with Gasteiger partial charge in [-0.25, -0.2) is 17.2 Å². The van der Waals surface area contributed by atoms with E-state index in [9.17, 15) is 22.0 Å². The lowest BCUT2D eigenvalue weighted by molar-refractivity contribution is -0.113. The van der Waals surface area contributed by atoms with Gasteiger partial charge in [-0.2, -0.15) is 0 Å². The highest BCUT2D eigenvalue weighted by molar-refractivity contribution is 7.92. The molecule has 0 aliphatic rings. The number of sulfone groups is 1. The normalized spacial score (nSPS) is 11.2. The average molecular weight is 263 g/mol. The van der Waals surface area contributed by atoms with Crippen LogP contribution in [-0.2, 0) is 14.6 Å². The summed E-state index contributed by atoms with van der Waals surface area (Å²) in [5.41, 5.74) is -0.112. The van der Waals surface area contributed by atoms with E-state index in [1.807, 2.05) is 0 Å². The molecule has 1 aromatic rings.